The van der Waals surface area contributed by atoms with Gasteiger partial charge in [-0.25, -0.2) is 4.79 Å². The third-order valence-electron chi connectivity index (χ3n) is 5.72. The van der Waals surface area contributed by atoms with Gasteiger partial charge in [0.05, 0.1) is 12.2 Å². The zero-order valence-electron chi connectivity index (χ0n) is 19.3. The highest BCUT2D eigenvalue weighted by Gasteiger charge is 2.23. The van der Waals surface area contributed by atoms with Crippen LogP contribution in [-0.4, -0.2) is 51.9 Å². The Kier molecular flexibility index (Phi) is 9.95. The van der Waals surface area contributed by atoms with Crippen molar-refractivity contribution in [3.63, 3.8) is 0 Å². The number of hydrogen-bond donors (Lipinski definition) is 3. The van der Waals surface area contributed by atoms with Crippen molar-refractivity contribution in [2.45, 2.75) is 31.6 Å². The Morgan fingerprint density at radius 2 is 1.40 bits per heavy atom. The third-order valence-corrected chi connectivity index (χ3v) is 6.19. The summed E-state index contributed by atoms with van der Waals surface area (Å²) < 4.78 is 5.20. The fraction of sp³-hybridized carbons (Fsp3) is 0.296. The minimum Gasteiger partial charge on any atom is -0.482 e. The minimum atomic E-state index is -1.03. The number of carbonyl (C=O) groups is 1. The number of hydrogen-bond acceptors (Lipinski definition) is 5. The molecule has 6 nitrogen and oxygen atoms in total. The molecule has 3 N–H and O–H groups in total. The number of aliphatic hydroxyl groups is 2. The van der Waals surface area contributed by atoms with E-state index in [2.05, 4.69) is 0 Å². The van der Waals surface area contributed by atoms with Gasteiger partial charge in [0.2, 0.25) is 0 Å². The number of aliphatic carboxylic acids is 1. The summed E-state index contributed by atoms with van der Waals surface area (Å²) in [6, 6.07) is 21.4. The highest BCUT2D eigenvalue weighted by atomic mass is 35.5. The van der Waals surface area contributed by atoms with Crippen LogP contribution in [0.15, 0.2) is 72.8 Å². The van der Waals surface area contributed by atoms with Crippen LogP contribution in [0.25, 0.3) is 0 Å². The first-order valence-corrected chi connectivity index (χ1v) is 12.0. The number of aliphatic hydroxyl groups excluding tert-OH is 2. The molecule has 0 aliphatic rings. The fourth-order valence-corrected chi connectivity index (χ4v) is 4.25. The molecule has 186 valence electrons. The molecule has 0 heterocycles. The van der Waals surface area contributed by atoms with Gasteiger partial charge >= 0.3 is 5.97 Å². The van der Waals surface area contributed by atoms with Gasteiger partial charge in [-0.15, -0.1) is 0 Å². The Hall–Kier alpha value is -2.61. The standard InChI is InChI=1S/C27H29Cl2NO5/c1-18(12-19-8-10-24(11-9-19)35-17-27(33)34)30(15-25(31)20-4-2-6-22(28)13-20)16-26(32)21-5-3-7-23(29)14-21/h2-11,13-14,18,25-26,31-32H,12,15-17H2,1H3,(H,33,34)/t18-,25-,26-/m1/s1. The lowest BCUT2D eigenvalue weighted by molar-refractivity contribution is -0.139. The predicted molar refractivity (Wildman–Crippen MR) is 137 cm³/mol. The molecule has 3 atom stereocenters. The van der Waals surface area contributed by atoms with Crippen LogP contribution in [0.3, 0.4) is 0 Å². The monoisotopic (exact) mass is 517 g/mol. The molecule has 3 rings (SSSR count). The van der Waals surface area contributed by atoms with Crippen LogP contribution in [0.2, 0.25) is 10.0 Å². The maximum Gasteiger partial charge on any atom is 0.341 e. The molecule has 35 heavy (non-hydrogen) atoms. The largest absolute Gasteiger partial charge is 0.482 e. The average Bonchev–Trinajstić information content (AvgIpc) is 2.83. The summed E-state index contributed by atoms with van der Waals surface area (Å²) in [5, 5.41) is 31.7. The van der Waals surface area contributed by atoms with E-state index >= 15 is 0 Å². The average molecular weight is 518 g/mol. The molecule has 0 spiro atoms. The fourth-order valence-electron chi connectivity index (χ4n) is 3.85. The van der Waals surface area contributed by atoms with Crippen molar-refractivity contribution in [2.75, 3.05) is 19.7 Å². The maximum absolute atomic E-state index is 10.9. The topological polar surface area (TPSA) is 90.2 Å². The number of carboxylic acids is 1. The quantitative estimate of drug-likeness (QED) is 0.307. The molecule has 3 aromatic carbocycles. The van der Waals surface area contributed by atoms with Gasteiger partial charge in [-0.05, 0) is 66.4 Å². The van der Waals surface area contributed by atoms with Gasteiger partial charge in [0, 0.05) is 29.2 Å². The molecule has 0 saturated heterocycles. The Morgan fingerprint density at radius 3 is 1.86 bits per heavy atom. The van der Waals surface area contributed by atoms with E-state index in [0.717, 1.165) is 5.56 Å². The smallest absolute Gasteiger partial charge is 0.341 e. The van der Waals surface area contributed by atoms with E-state index in [1.54, 1.807) is 48.5 Å². The first-order valence-electron chi connectivity index (χ1n) is 11.3. The van der Waals surface area contributed by atoms with Crippen LogP contribution < -0.4 is 4.74 Å². The van der Waals surface area contributed by atoms with Gasteiger partial charge in [0.25, 0.3) is 0 Å². The van der Waals surface area contributed by atoms with E-state index in [1.807, 2.05) is 36.1 Å². The first-order chi connectivity index (χ1) is 16.7. The van der Waals surface area contributed by atoms with Crippen molar-refractivity contribution in [3.05, 3.63) is 99.5 Å². The third kappa shape index (κ3) is 8.53. The van der Waals surface area contributed by atoms with E-state index in [-0.39, 0.29) is 6.04 Å². The molecule has 0 aliphatic carbocycles. The second-order valence-electron chi connectivity index (χ2n) is 8.48. The SMILES string of the molecule is C[C@H](Cc1ccc(OCC(=O)O)cc1)N(C[C@@H](O)c1cccc(Cl)c1)C[C@@H](O)c1cccc(Cl)c1. The maximum atomic E-state index is 10.9. The molecule has 0 aliphatic heterocycles. The summed E-state index contributed by atoms with van der Waals surface area (Å²) in [5.41, 5.74) is 2.42. The molecule has 8 heteroatoms. The van der Waals surface area contributed by atoms with E-state index in [1.165, 1.54) is 0 Å². The van der Waals surface area contributed by atoms with Crippen molar-refractivity contribution in [1.29, 1.82) is 0 Å². The van der Waals surface area contributed by atoms with E-state index in [4.69, 9.17) is 33.0 Å². The lowest BCUT2D eigenvalue weighted by Crippen LogP contribution is -2.40. The number of nitrogens with zero attached hydrogens (tertiary/aromatic N) is 1. The Bertz CT molecular complexity index is 1060. The molecule has 0 fully saturated rings. The zero-order chi connectivity index (χ0) is 25.4. The van der Waals surface area contributed by atoms with Crippen LogP contribution in [-0.2, 0) is 11.2 Å². The lowest BCUT2D eigenvalue weighted by atomic mass is 10.0. The Balaban J connectivity index is 1.74. The molecule has 0 saturated carbocycles. The van der Waals surface area contributed by atoms with E-state index < -0.39 is 24.8 Å². The van der Waals surface area contributed by atoms with Crippen molar-refractivity contribution in [3.8, 4) is 5.75 Å². The summed E-state index contributed by atoms with van der Waals surface area (Å²) in [6.07, 6.45) is -0.951. The molecule has 0 amide bonds. The van der Waals surface area contributed by atoms with Crippen LogP contribution in [0.5, 0.6) is 5.75 Å². The molecular weight excluding hydrogens is 489 g/mol. The zero-order valence-corrected chi connectivity index (χ0v) is 20.9. The second-order valence-corrected chi connectivity index (χ2v) is 9.35. The van der Waals surface area contributed by atoms with Gasteiger partial charge in [-0.2, -0.15) is 0 Å². The van der Waals surface area contributed by atoms with E-state index in [0.29, 0.717) is 46.4 Å². The molecule has 0 radical (unpaired) electrons. The highest BCUT2D eigenvalue weighted by molar-refractivity contribution is 6.30. The van der Waals surface area contributed by atoms with E-state index in [9.17, 15) is 15.0 Å². The van der Waals surface area contributed by atoms with Crippen molar-refractivity contribution in [2.24, 2.45) is 0 Å². The molecule has 3 aromatic rings. The van der Waals surface area contributed by atoms with Crippen LogP contribution in [0.4, 0.5) is 0 Å². The van der Waals surface area contributed by atoms with Gasteiger partial charge in [-0.1, -0.05) is 59.6 Å². The van der Waals surface area contributed by atoms with Crippen molar-refractivity contribution in [1.82, 2.24) is 4.90 Å². The number of carboxylic acid groups (broad SMARTS) is 1. The summed E-state index contributed by atoms with van der Waals surface area (Å²) >= 11 is 12.2. The van der Waals surface area contributed by atoms with Gasteiger partial charge in [0.15, 0.2) is 6.61 Å². The normalized spacial score (nSPS) is 13.9. The summed E-state index contributed by atoms with van der Waals surface area (Å²) in [5.74, 6) is -0.553. The summed E-state index contributed by atoms with van der Waals surface area (Å²) in [6.45, 7) is 2.22. The van der Waals surface area contributed by atoms with Crippen molar-refractivity contribution >= 4 is 29.2 Å². The van der Waals surface area contributed by atoms with Gasteiger partial charge in [-0.3, -0.25) is 4.90 Å². The predicted octanol–water partition coefficient (Wildman–Crippen LogP) is 5.16. The minimum absolute atomic E-state index is 0.0385. The number of benzene rings is 3. The van der Waals surface area contributed by atoms with Crippen LogP contribution >= 0.6 is 23.2 Å². The van der Waals surface area contributed by atoms with Crippen LogP contribution in [0, 0.1) is 0 Å². The Labute approximate surface area is 215 Å². The van der Waals surface area contributed by atoms with Gasteiger partial charge < -0.3 is 20.1 Å². The number of rotatable bonds is 12. The lowest BCUT2D eigenvalue weighted by Gasteiger charge is -2.33. The first kappa shape index (κ1) is 27.0. The second kappa shape index (κ2) is 12.9. The van der Waals surface area contributed by atoms with Gasteiger partial charge in [0.1, 0.15) is 5.75 Å². The molecule has 0 aromatic heterocycles. The highest BCUT2D eigenvalue weighted by Crippen LogP contribution is 2.24. The Morgan fingerprint density at radius 1 is 0.886 bits per heavy atom. The summed E-state index contributed by atoms with van der Waals surface area (Å²) in [7, 11) is 0. The molecule has 0 bridgehead atoms. The number of halogens is 2. The molecular formula is C27H29Cl2NO5. The summed E-state index contributed by atoms with van der Waals surface area (Å²) in [4.78, 5) is 12.7. The van der Waals surface area contributed by atoms with Crippen molar-refractivity contribution < 1.29 is 24.9 Å². The molecule has 0 unspecified atom stereocenters. The number of ether oxygens (including phenoxy) is 1. The van der Waals surface area contributed by atoms with Crippen LogP contribution in [0.1, 0.15) is 35.8 Å².